The molecule has 0 heterocycles. The van der Waals surface area contributed by atoms with Gasteiger partial charge in [-0.05, 0) is 92.3 Å². The van der Waals surface area contributed by atoms with Crippen molar-refractivity contribution < 1.29 is 0 Å². The minimum absolute atomic E-state index is 1.20. The van der Waals surface area contributed by atoms with Crippen molar-refractivity contribution in [2.24, 2.45) is 0 Å². The highest BCUT2D eigenvalue weighted by molar-refractivity contribution is 6.00. The summed E-state index contributed by atoms with van der Waals surface area (Å²) in [5.41, 5.74) is 7.24. The minimum atomic E-state index is 1.20. The molecule has 0 N–H and O–H groups in total. The second-order valence-corrected chi connectivity index (χ2v) is 9.70. The maximum Gasteiger partial charge on any atom is 0.0361 e. The lowest BCUT2D eigenvalue weighted by Crippen LogP contribution is -2.07. The highest BCUT2D eigenvalue weighted by atomic mass is 15.1. The molecule has 0 atom stereocenters. The quantitative estimate of drug-likeness (QED) is 0.182. The molecule has 0 aliphatic carbocycles. The fourth-order valence-corrected chi connectivity index (χ4v) is 4.39. The molecule has 0 aliphatic heterocycles. The van der Waals surface area contributed by atoms with Crippen LogP contribution in [0.4, 0.5) is 11.4 Å². The van der Waals surface area contributed by atoms with E-state index in [1.807, 2.05) is 0 Å². The molecule has 36 heavy (non-hydrogen) atoms. The van der Waals surface area contributed by atoms with E-state index < -0.39 is 0 Å². The van der Waals surface area contributed by atoms with Gasteiger partial charge in [0.05, 0.1) is 0 Å². The molecule has 0 radical (unpaired) electrons. The number of benzene rings is 5. The standard InChI is InChI=1S/C34H32N2/c1-35(2)33-17-11-25(12-18-33)5-7-27-9-15-29-24-32-22-28(10-16-30(32)23-31(29)21-27)8-6-26-13-19-34(20-14-26)36(3)4/h5-24H,1-4H3/b7-5-,8-6-. The predicted molar refractivity (Wildman–Crippen MR) is 161 cm³/mol. The van der Waals surface area contributed by atoms with Crippen molar-refractivity contribution in [3.8, 4) is 0 Å². The lowest BCUT2D eigenvalue weighted by molar-refractivity contribution is 1.13. The second kappa shape index (κ2) is 10.1. The topological polar surface area (TPSA) is 6.48 Å². The summed E-state index contributed by atoms with van der Waals surface area (Å²) in [5.74, 6) is 0. The Hall–Kier alpha value is -4.30. The van der Waals surface area contributed by atoms with Crippen LogP contribution in [0.1, 0.15) is 22.3 Å². The van der Waals surface area contributed by atoms with Crippen LogP contribution in [0.15, 0.2) is 97.1 Å². The SMILES string of the molecule is CN(C)c1ccc(/C=C\c2ccc3cc4cc(/C=C\c5ccc(N(C)C)cc5)ccc4cc3c2)cc1. The summed E-state index contributed by atoms with van der Waals surface area (Å²) in [7, 11) is 8.25. The fraction of sp³-hybridized carbons (Fsp3) is 0.118. The van der Waals surface area contributed by atoms with Crippen LogP contribution < -0.4 is 9.80 Å². The highest BCUT2D eigenvalue weighted by Gasteiger charge is 2.01. The Morgan fingerprint density at radius 3 is 1.06 bits per heavy atom. The fourth-order valence-electron chi connectivity index (χ4n) is 4.39. The largest absolute Gasteiger partial charge is 0.378 e. The van der Waals surface area contributed by atoms with E-state index in [9.17, 15) is 0 Å². The van der Waals surface area contributed by atoms with E-state index >= 15 is 0 Å². The highest BCUT2D eigenvalue weighted by Crippen LogP contribution is 2.26. The predicted octanol–water partition coefficient (Wildman–Crippen LogP) is 8.47. The van der Waals surface area contributed by atoms with Gasteiger partial charge in [0.15, 0.2) is 0 Å². The van der Waals surface area contributed by atoms with Gasteiger partial charge in [-0.1, -0.05) is 72.8 Å². The van der Waals surface area contributed by atoms with Crippen molar-refractivity contribution in [1.29, 1.82) is 0 Å². The van der Waals surface area contributed by atoms with Crippen LogP contribution in [0.5, 0.6) is 0 Å². The molecule has 0 bridgehead atoms. The summed E-state index contributed by atoms with van der Waals surface area (Å²) in [4.78, 5) is 4.23. The van der Waals surface area contributed by atoms with Crippen molar-refractivity contribution in [2.75, 3.05) is 38.0 Å². The van der Waals surface area contributed by atoms with Crippen LogP contribution in [-0.4, -0.2) is 28.2 Å². The van der Waals surface area contributed by atoms with Crippen LogP contribution >= 0.6 is 0 Å². The van der Waals surface area contributed by atoms with Crippen LogP contribution in [0, 0.1) is 0 Å². The van der Waals surface area contributed by atoms with Crippen LogP contribution in [-0.2, 0) is 0 Å². The molecule has 2 nitrogen and oxygen atoms in total. The Kier molecular flexibility index (Phi) is 6.60. The van der Waals surface area contributed by atoms with E-state index in [0.29, 0.717) is 0 Å². The molecule has 0 fully saturated rings. The molecular formula is C34H32N2. The van der Waals surface area contributed by atoms with Crippen molar-refractivity contribution >= 4 is 57.2 Å². The first-order valence-corrected chi connectivity index (χ1v) is 12.3. The van der Waals surface area contributed by atoms with Gasteiger partial charge in [-0.2, -0.15) is 0 Å². The third kappa shape index (κ3) is 5.34. The van der Waals surface area contributed by atoms with Gasteiger partial charge in [0.2, 0.25) is 0 Å². The number of anilines is 2. The van der Waals surface area contributed by atoms with Gasteiger partial charge >= 0.3 is 0 Å². The van der Waals surface area contributed by atoms with Crippen molar-refractivity contribution in [3.63, 3.8) is 0 Å². The first kappa shape index (κ1) is 23.4. The Balaban J connectivity index is 1.36. The summed E-state index contributed by atoms with van der Waals surface area (Å²) in [6.07, 6.45) is 8.73. The van der Waals surface area contributed by atoms with Crippen molar-refractivity contribution in [2.45, 2.75) is 0 Å². The lowest BCUT2D eigenvalue weighted by Gasteiger charge is -2.11. The van der Waals surface area contributed by atoms with Crippen LogP contribution in [0.3, 0.4) is 0 Å². The molecule has 0 aromatic heterocycles. The Morgan fingerprint density at radius 1 is 0.361 bits per heavy atom. The molecule has 0 amide bonds. The zero-order valence-corrected chi connectivity index (χ0v) is 21.4. The molecule has 0 saturated carbocycles. The summed E-state index contributed by atoms with van der Waals surface area (Å²) < 4.78 is 0. The average Bonchev–Trinajstić information content (AvgIpc) is 2.89. The van der Waals surface area contributed by atoms with Gasteiger partial charge in [-0.25, -0.2) is 0 Å². The lowest BCUT2D eigenvalue weighted by atomic mass is 9.99. The Labute approximate surface area is 214 Å². The van der Waals surface area contributed by atoms with E-state index in [0.717, 1.165) is 0 Å². The van der Waals surface area contributed by atoms with Gasteiger partial charge in [0, 0.05) is 39.6 Å². The van der Waals surface area contributed by atoms with Gasteiger partial charge in [-0.3, -0.25) is 0 Å². The number of nitrogens with zero attached hydrogens (tertiary/aromatic N) is 2. The Bertz CT molecular complexity index is 1430. The molecule has 2 heteroatoms. The van der Waals surface area contributed by atoms with Gasteiger partial charge in [0.25, 0.3) is 0 Å². The third-order valence-electron chi connectivity index (χ3n) is 6.60. The molecule has 0 unspecified atom stereocenters. The molecule has 0 saturated heterocycles. The Morgan fingerprint density at radius 2 is 0.694 bits per heavy atom. The van der Waals surface area contributed by atoms with Crippen molar-refractivity contribution in [1.82, 2.24) is 0 Å². The summed E-state index contributed by atoms with van der Waals surface area (Å²) in [6.45, 7) is 0. The van der Waals surface area contributed by atoms with Crippen LogP contribution in [0.25, 0.3) is 45.8 Å². The van der Waals surface area contributed by atoms with Gasteiger partial charge in [-0.15, -0.1) is 0 Å². The summed E-state index contributed by atoms with van der Waals surface area (Å²) >= 11 is 0. The average molecular weight is 469 g/mol. The second-order valence-electron chi connectivity index (χ2n) is 9.70. The molecule has 0 spiro atoms. The van der Waals surface area contributed by atoms with E-state index in [1.165, 1.54) is 55.2 Å². The minimum Gasteiger partial charge on any atom is -0.378 e. The molecule has 5 aromatic carbocycles. The first-order valence-electron chi connectivity index (χ1n) is 12.3. The van der Waals surface area contributed by atoms with Crippen molar-refractivity contribution in [3.05, 3.63) is 119 Å². The monoisotopic (exact) mass is 468 g/mol. The molecule has 178 valence electrons. The van der Waals surface area contributed by atoms with E-state index in [4.69, 9.17) is 0 Å². The summed E-state index contributed by atoms with van der Waals surface area (Å²) in [5, 5.41) is 5.04. The number of hydrogen-bond acceptors (Lipinski definition) is 2. The molecular weight excluding hydrogens is 436 g/mol. The molecule has 5 rings (SSSR count). The van der Waals surface area contributed by atoms with Crippen LogP contribution in [0.2, 0.25) is 0 Å². The molecule has 0 aliphatic rings. The number of hydrogen-bond donors (Lipinski definition) is 0. The van der Waals surface area contributed by atoms with Gasteiger partial charge in [0.1, 0.15) is 0 Å². The summed E-state index contributed by atoms with van der Waals surface area (Å²) in [6, 6.07) is 35.2. The maximum atomic E-state index is 2.29. The number of fused-ring (bicyclic) bond motifs is 2. The van der Waals surface area contributed by atoms with E-state index in [2.05, 4.69) is 159 Å². The maximum absolute atomic E-state index is 2.29. The zero-order valence-electron chi connectivity index (χ0n) is 21.4. The normalized spacial score (nSPS) is 11.7. The number of rotatable bonds is 6. The van der Waals surface area contributed by atoms with E-state index in [1.54, 1.807) is 0 Å². The molecule has 5 aromatic rings. The van der Waals surface area contributed by atoms with Gasteiger partial charge < -0.3 is 9.80 Å². The first-order chi connectivity index (χ1) is 17.4. The third-order valence-corrected chi connectivity index (χ3v) is 6.60. The zero-order chi connectivity index (χ0) is 25.1. The smallest absolute Gasteiger partial charge is 0.0361 e. The van der Waals surface area contributed by atoms with E-state index in [-0.39, 0.29) is 0 Å².